The fraction of sp³-hybridized carbons (Fsp3) is 0. The molecule has 10 rings (SSSR count). The van der Waals surface area contributed by atoms with Crippen LogP contribution < -0.4 is 4.90 Å². The van der Waals surface area contributed by atoms with Crippen molar-refractivity contribution < 1.29 is 0 Å². The molecule has 0 spiro atoms. The van der Waals surface area contributed by atoms with Gasteiger partial charge in [0.15, 0.2) is 0 Å². The second kappa shape index (κ2) is 13.0. The first kappa shape index (κ1) is 30.8. The zero-order valence-electron chi connectivity index (χ0n) is 29.2. The minimum atomic E-state index is 1.11. The van der Waals surface area contributed by atoms with Crippen LogP contribution in [0, 0.1) is 0 Å². The third-order valence-electron chi connectivity index (χ3n) is 10.6. The fourth-order valence-electron chi connectivity index (χ4n) is 8.02. The minimum Gasteiger partial charge on any atom is -0.310 e. The van der Waals surface area contributed by atoms with Gasteiger partial charge in [-0.2, -0.15) is 0 Å². The van der Waals surface area contributed by atoms with E-state index >= 15 is 0 Å². The lowest BCUT2D eigenvalue weighted by Crippen LogP contribution is -2.10. The Balaban J connectivity index is 1.10. The van der Waals surface area contributed by atoms with Crippen LogP contribution >= 0.6 is 0 Å². The highest BCUT2D eigenvalue weighted by molar-refractivity contribution is 6.15. The van der Waals surface area contributed by atoms with E-state index in [0.717, 1.165) is 17.1 Å². The van der Waals surface area contributed by atoms with Crippen molar-refractivity contribution in [2.75, 3.05) is 4.90 Å². The lowest BCUT2D eigenvalue weighted by Gasteiger charge is -2.28. The third-order valence-corrected chi connectivity index (χ3v) is 10.6. The lowest BCUT2D eigenvalue weighted by molar-refractivity contribution is 1.30. The average Bonchev–Trinajstić information content (AvgIpc) is 3.24. The lowest BCUT2D eigenvalue weighted by atomic mass is 9.93. The molecule has 0 bridgehead atoms. The van der Waals surface area contributed by atoms with E-state index in [1.807, 2.05) is 0 Å². The van der Waals surface area contributed by atoms with Crippen LogP contribution in [0.2, 0.25) is 0 Å². The molecule has 248 valence electrons. The van der Waals surface area contributed by atoms with Gasteiger partial charge >= 0.3 is 0 Å². The predicted molar refractivity (Wildman–Crippen MR) is 227 cm³/mol. The third kappa shape index (κ3) is 5.51. The SMILES string of the molecule is c1ccc(-c2ccc(-c3ccc(N(c4ccc(-c5cc6ccccc6c6ccccc56)cc4)c4cc5ccccc5c5ccccc45)cc3)cc2)cc1. The molecule has 0 heterocycles. The zero-order chi connectivity index (χ0) is 35.1. The van der Waals surface area contributed by atoms with Crippen molar-refractivity contribution in [1.82, 2.24) is 0 Å². The summed E-state index contributed by atoms with van der Waals surface area (Å²) in [6.45, 7) is 0. The van der Waals surface area contributed by atoms with Crippen molar-refractivity contribution in [3.63, 3.8) is 0 Å². The predicted octanol–water partition coefficient (Wildman–Crippen LogP) is 14.8. The maximum atomic E-state index is 2.42. The van der Waals surface area contributed by atoms with Gasteiger partial charge in [0, 0.05) is 16.8 Å². The van der Waals surface area contributed by atoms with Crippen molar-refractivity contribution >= 4 is 60.2 Å². The number of benzene rings is 10. The Labute approximate surface area is 309 Å². The molecular weight excluding hydrogens is 639 g/mol. The summed E-state index contributed by atoms with van der Waals surface area (Å²) in [6.07, 6.45) is 0. The van der Waals surface area contributed by atoms with Gasteiger partial charge in [0.1, 0.15) is 0 Å². The number of hydrogen-bond donors (Lipinski definition) is 0. The molecule has 0 saturated heterocycles. The molecule has 0 radical (unpaired) electrons. The molecule has 0 aromatic heterocycles. The normalized spacial score (nSPS) is 11.4. The van der Waals surface area contributed by atoms with Crippen LogP contribution in [0.3, 0.4) is 0 Å². The van der Waals surface area contributed by atoms with Crippen molar-refractivity contribution in [2.45, 2.75) is 0 Å². The van der Waals surface area contributed by atoms with E-state index in [1.54, 1.807) is 0 Å². The van der Waals surface area contributed by atoms with E-state index in [-0.39, 0.29) is 0 Å². The summed E-state index contributed by atoms with van der Waals surface area (Å²) in [5, 5.41) is 10.0. The molecule has 10 aromatic rings. The van der Waals surface area contributed by atoms with E-state index < -0.39 is 0 Å². The highest BCUT2D eigenvalue weighted by atomic mass is 15.1. The number of nitrogens with zero attached hydrogens (tertiary/aromatic N) is 1. The molecule has 10 aromatic carbocycles. The molecule has 0 aliphatic rings. The van der Waals surface area contributed by atoms with Crippen molar-refractivity contribution in [3.8, 4) is 33.4 Å². The van der Waals surface area contributed by atoms with Crippen LogP contribution in [0.15, 0.2) is 212 Å². The summed E-state index contributed by atoms with van der Waals surface area (Å²) in [5.74, 6) is 0. The van der Waals surface area contributed by atoms with E-state index in [4.69, 9.17) is 0 Å². The van der Waals surface area contributed by atoms with Gasteiger partial charge in [-0.1, -0.05) is 176 Å². The number of hydrogen-bond acceptors (Lipinski definition) is 1. The number of fused-ring (bicyclic) bond motifs is 6. The van der Waals surface area contributed by atoms with E-state index in [1.165, 1.54) is 76.5 Å². The maximum absolute atomic E-state index is 2.42. The van der Waals surface area contributed by atoms with Crippen LogP contribution in [-0.4, -0.2) is 0 Å². The van der Waals surface area contributed by atoms with Crippen LogP contribution in [0.1, 0.15) is 0 Å². The molecule has 1 heteroatoms. The number of rotatable bonds is 6. The molecule has 0 saturated carbocycles. The molecule has 0 fully saturated rings. The van der Waals surface area contributed by atoms with E-state index in [9.17, 15) is 0 Å². The highest BCUT2D eigenvalue weighted by Gasteiger charge is 2.18. The Morgan fingerprint density at radius 3 is 1.19 bits per heavy atom. The molecule has 0 amide bonds. The summed E-state index contributed by atoms with van der Waals surface area (Å²) in [4.78, 5) is 2.42. The summed E-state index contributed by atoms with van der Waals surface area (Å²) in [6, 6.07) is 77.2. The highest BCUT2D eigenvalue weighted by Crippen LogP contribution is 2.43. The standard InChI is InChI=1S/C52H35N/c1-2-12-36(13-3-1)37-22-24-38(25-23-37)39-26-30-43(31-27-39)53(52-35-42-15-5-7-17-46(42)48-19-10-11-21-50(48)52)44-32-28-40(29-33-44)51-34-41-14-4-6-16-45(41)47-18-8-9-20-49(47)51/h1-35H. The van der Waals surface area contributed by atoms with Gasteiger partial charge < -0.3 is 4.90 Å². The van der Waals surface area contributed by atoms with E-state index in [2.05, 4.69) is 217 Å². The topological polar surface area (TPSA) is 3.24 Å². The Bertz CT molecular complexity index is 2910. The van der Waals surface area contributed by atoms with Gasteiger partial charge in [0.05, 0.1) is 5.69 Å². The Morgan fingerprint density at radius 2 is 0.623 bits per heavy atom. The number of anilines is 3. The van der Waals surface area contributed by atoms with Crippen LogP contribution in [0.25, 0.3) is 76.5 Å². The van der Waals surface area contributed by atoms with Gasteiger partial charge in [-0.15, -0.1) is 0 Å². The Hall–Kier alpha value is -6.96. The molecule has 0 N–H and O–H groups in total. The summed E-state index contributed by atoms with van der Waals surface area (Å²) >= 11 is 0. The van der Waals surface area contributed by atoms with Crippen LogP contribution in [0.5, 0.6) is 0 Å². The van der Waals surface area contributed by atoms with Gasteiger partial charge in [-0.05, 0) is 107 Å². The van der Waals surface area contributed by atoms with Gasteiger partial charge in [0.2, 0.25) is 0 Å². The molecule has 53 heavy (non-hydrogen) atoms. The van der Waals surface area contributed by atoms with E-state index in [0.29, 0.717) is 0 Å². The van der Waals surface area contributed by atoms with Crippen molar-refractivity contribution in [1.29, 1.82) is 0 Å². The Kier molecular flexibility index (Phi) is 7.55. The van der Waals surface area contributed by atoms with Crippen molar-refractivity contribution in [3.05, 3.63) is 212 Å². The molecule has 0 atom stereocenters. The molecule has 0 aliphatic heterocycles. The Morgan fingerprint density at radius 1 is 0.245 bits per heavy atom. The van der Waals surface area contributed by atoms with Crippen LogP contribution in [0.4, 0.5) is 17.1 Å². The second-order valence-corrected chi connectivity index (χ2v) is 13.7. The summed E-state index contributed by atoms with van der Waals surface area (Å²) in [5.41, 5.74) is 10.7. The first-order valence-electron chi connectivity index (χ1n) is 18.3. The van der Waals surface area contributed by atoms with Crippen molar-refractivity contribution in [2.24, 2.45) is 0 Å². The quantitative estimate of drug-likeness (QED) is 0.159. The summed E-state index contributed by atoms with van der Waals surface area (Å²) < 4.78 is 0. The fourth-order valence-corrected chi connectivity index (χ4v) is 8.02. The van der Waals surface area contributed by atoms with Gasteiger partial charge in [-0.25, -0.2) is 0 Å². The van der Waals surface area contributed by atoms with Crippen LogP contribution in [-0.2, 0) is 0 Å². The maximum Gasteiger partial charge on any atom is 0.0546 e. The first-order chi connectivity index (χ1) is 26.3. The largest absolute Gasteiger partial charge is 0.310 e. The molecule has 1 nitrogen and oxygen atoms in total. The molecule has 0 unspecified atom stereocenters. The van der Waals surface area contributed by atoms with Gasteiger partial charge in [-0.3, -0.25) is 0 Å². The zero-order valence-corrected chi connectivity index (χ0v) is 29.2. The average molecular weight is 674 g/mol. The molecule has 0 aliphatic carbocycles. The monoisotopic (exact) mass is 673 g/mol. The minimum absolute atomic E-state index is 1.11. The second-order valence-electron chi connectivity index (χ2n) is 13.7. The first-order valence-corrected chi connectivity index (χ1v) is 18.3. The molecular formula is C52H35N. The van der Waals surface area contributed by atoms with Gasteiger partial charge in [0.25, 0.3) is 0 Å². The smallest absolute Gasteiger partial charge is 0.0546 e. The summed E-state index contributed by atoms with van der Waals surface area (Å²) in [7, 11) is 0.